The Labute approximate surface area is 91.5 Å². The van der Waals surface area contributed by atoms with E-state index in [0.29, 0.717) is 12.6 Å². The summed E-state index contributed by atoms with van der Waals surface area (Å²) in [6.45, 7) is 4.89. The van der Waals surface area contributed by atoms with Crippen LogP contribution >= 0.6 is 0 Å². The number of hydrogen-bond acceptors (Lipinski definition) is 5. The highest BCUT2D eigenvalue weighted by Crippen LogP contribution is 1.92. The van der Waals surface area contributed by atoms with E-state index in [0.717, 1.165) is 32.8 Å². The van der Waals surface area contributed by atoms with Gasteiger partial charge in [-0.05, 0) is 0 Å². The molecular weight excluding hydrogens is 196 g/mol. The molecule has 0 bridgehead atoms. The zero-order chi connectivity index (χ0) is 10.9. The smallest absolute Gasteiger partial charge is 0.0928 e. The van der Waals surface area contributed by atoms with Crippen molar-refractivity contribution in [3.05, 3.63) is 0 Å². The molecule has 2 unspecified atom stereocenters. The van der Waals surface area contributed by atoms with Crippen molar-refractivity contribution in [2.75, 3.05) is 53.7 Å². The largest absolute Gasteiger partial charge is 0.382 e. The second kappa shape index (κ2) is 8.01. The zero-order valence-corrected chi connectivity index (χ0v) is 9.62. The molecule has 1 aliphatic heterocycles. The molecule has 1 heterocycles. The Morgan fingerprint density at radius 3 is 3.00 bits per heavy atom. The molecule has 1 aliphatic rings. The Hall–Kier alpha value is -0.200. The lowest BCUT2D eigenvalue weighted by atomic mass is 10.2. The molecule has 1 saturated heterocycles. The summed E-state index contributed by atoms with van der Waals surface area (Å²) in [7, 11) is 3.38. The first-order valence-electron chi connectivity index (χ1n) is 5.40. The number of ether oxygens (including phenoxy) is 3. The van der Waals surface area contributed by atoms with Crippen molar-refractivity contribution >= 4 is 0 Å². The van der Waals surface area contributed by atoms with Gasteiger partial charge in [-0.25, -0.2) is 0 Å². The Bertz CT molecular complexity index is 147. The van der Waals surface area contributed by atoms with E-state index < -0.39 is 0 Å². The van der Waals surface area contributed by atoms with Crippen molar-refractivity contribution in [3.8, 4) is 0 Å². The SMILES string of the molecule is COCC(CNCC1COCCN1)OC. The first-order valence-corrected chi connectivity index (χ1v) is 5.40. The molecule has 0 aromatic heterocycles. The van der Waals surface area contributed by atoms with Crippen LogP contribution < -0.4 is 10.6 Å². The van der Waals surface area contributed by atoms with E-state index in [1.807, 2.05) is 0 Å². The third-order valence-corrected chi connectivity index (χ3v) is 2.45. The van der Waals surface area contributed by atoms with Crippen LogP contribution in [0.5, 0.6) is 0 Å². The molecule has 0 aromatic carbocycles. The molecule has 1 rings (SSSR count). The van der Waals surface area contributed by atoms with E-state index >= 15 is 0 Å². The van der Waals surface area contributed by atoms with Crippen LogP contribution in [0.25, 0.3) is 0 Å². The fourth-order valence-corrected chi connectivity index (χ4v) is 1.57. The van der Waals surface area contributed by atoms with Crippen molar-refractivity contribution in [3.63, 3.8) is 0 Å². The second-order valence-electron chi connectivity index (χ2n) is 3.70. The molecule has 0 amide bonds. The van der Waals surface area contributed by atoms with Gasteiger partial charge in [-0.1, -0.05) is 0 Å². The van der Waals surface area contributed by atoms with Gasteiger partial charge in [-0.2, -0.15) is 0 Å². The first-order chi connectivity index (χ1) is 7.36. The Kier molecular flexibility index (Phi) is 6.87. The summed E-state index contributed by atoms with van der Waals surface area (Å²) in [5.41, 5.74) is 0. The zero-order valence-electron chi connectivity index (χ0n) is 9.62. The van der Waals surface area contributed by atoms with Crippen molar-refractivity contribution in [2.45, 2.75) is 12.1 Å². The number of nitrogens with one attached hydrogen (secondary N) is 2. The minimum absolute atomic E-state index is 0.125. The molecule has 5 heteroatoms. The van der Waals surface area contributed by atoms with E-state index in [-0.39, 0.29) is 6.10 Å². The van der Waals surface area contributed by atoms with Crippen molar-refractivity contribution in [2.24, 2.45) is 0 Å². The fourth-order valence-electron chi connectivity index (χ4n) is 1.57. The van der Waals surface area contributed by atoms with Crippen molar-refractivity contribution < 1.29 is 14.2 Å². The Balaban J connectivity index is 2.03. The third kappa shape index (κ3) is 5.44. The summed E-state index contributed by atoms with van der Waals surface area (Å²) < 4.78 is 15.6. The predicted molar refractivity (Wildman–Crippen MR) is 58.2 cm³/mol. The standard InChI is InChI=1S/C10H22N2O3/c1-13-8-10(14-2)6-11-5-9-7-15-4-3-12-9/h9-12H,3-8H2,1-2H3. The van der Waals surface area contributed by atoms with Gasteiger partial charge in [0.2, 0.25) is 0 Å². The van der Waals surface area contributed by atoms with Crippen LogP contribution in [0.2, 0.25) is 0 Å². The molecule has 2 N–H and O–H groups in total. The van der Waals surface area contributed by atoms with Gasteiger partial charge < -0.3 is 24.8 Å². The third-order valence-electron chi connectivity index (χ3n) is 2.45. The van der Waals surface area contributed by atoms with Gasteiger partial charge in [-0.3, -0.25) is 0 Å². The Morgan fingerprint density at radius 1 is 1.53 bits per heavy atom. The lowest BCUT2D eigenvalue weighted by Gasteiger charge is -2.25. The summed E-state index contributed by atoms with van der Waals surface area (Å²) in [4.78, 5) is 0. The molecule has 0 aliphatic carbocycles. The lowest BCUT2D eigenvalue weighted by molar-refractivity contribution is 0.0268. The van der Waals surface area contributed by atoms with E-state index in [1.165, 1.54) is 0 Å². The molecule has 0 aromatic rings. The lowest BCUT2D eigenvalue weighted by Crippen LogP contribution is -2.48. The van der Waals surface area contributed by atoms with Crippen molar-refractivity contribution in [1.82, 2.24) is 10.6 Å². The van der Waals surface area contributed by atoms with E-state index in [2.05, 4.69) is 10.6 Å². The van der Waals surface area contributed by atoms with Gasteiger partial charge in [0.05, 0.1) is 25.9 Å². The number of hydrogen-bond donors (Lipinski definition) is 2. The maximum atomic E-state index is 5.36. The van der Waals surface area contributed by atoms with Gasteiger partial charge in [0.1, 0.15) is 0 Å². The molecule has 15 heavy (non-hydrogen) atoms. The number of methoxy groups -OCH3 is 2. The highest BCUT2D eigenvalue weighted by Gasteiger charge is 2.13. The van der Waals surface area contributed by atoms with E-state index in [9.17, 15) is 0 Å². The van der Waals surface area contributed by atoms with Gasteiger partial charge in [-0.15, -0.1) is 0 Å². The van der Waals surface area contributed by atoms with Gasteiger partial charge in [0, 0.05) is 39.9 Å². The van der Waals surface area contributed by atoms with Crippen LogP contribution in [0.1, 0.15) is 0 Å². The maximum absolute atomic E-state index is 5.36. The van der Waals surface area contributed by atoms with E-state index in [1.54, 1.807) is 14.2 Å². The summed E-state index contributed by atoms with van der Waals surface area (Å²) in [6, 6.07) is 0.416. The average molecular weight is 218 g/mol. The summed E-state index contributed by atoms with van der Waals surface area (Å²) in [5, 5.41) is 6.73. The fraction of sp³-hybridized carbons (Fsp3) is 1.00. The number of morpholine rings is 1. The first kappa shape index (κ1) is 12.9. The average Bonchev–Trinajstić information content (AvgIpc) is 2.29. The molecule has 0 radical (unpaired) electrons. The highest BCUT2D eigenvalue weighted by atomic mass is 16.5. The molecule has 90 valence electrons. The van der Waals surface area contributed by atoms with E-state index in [4.69, 9.17) is 14.2 Å². The Morgan fingerprint density at radius 2 is 2.40 bits per heavy atom. The topological polar surface area (TPSA) is 51.8 Å². The molecule has 1 fully saturated rings. The van der Waals surface area contributed by atoms with Crippen LogP contribution in [0.15, 0.2) is 0 Å². The molecular formula is C10H22N2O3. The minimum atomic E-state index is 0.125. The summed E-state index contributed by atoms with van der Waals surface area (Å²) in [6.07, 6.45) is 0.125. The summed E-state index contributed by atoms with van der Waals surface area (Å²) >= 11 is 0. The number of rotatable bonds is 7. The van der Waals surface area contributed by atoms with Gasteiger partial charge in [0.25, 0.3) is 0 Å². The van der Waals surface area contributed by atoms with Crippen LogP contribution in [0, 0.1) is 0 Å². The van der Waals surface area contributed by atoms with Crippen LogP contribution in [-0.4, -0.2) is 65.8 Å². The normalized spacial score (nSPS) is 24.0. The highest BCUT2D eigenvalue weighted by molar-refractivity contribution is 4.73. The van der Waals surface area contributed by atoms with Gasteiger partial charge >= 0.3 is 0 Å². The monoisotopic (exact) mass is 218 g/mol. The molecule has 0 spiro atoms. The minimum Gasteiger partial charge on any atom is -0.382 e. The molecule has 2 atom stereocenters. The summed E-state index contributed by atoms with van der Waals surface area (Å²) in [5.74, 6) is 0. The molecule has 5 nitrogen and oxygen atoms in total. The second-order valence-corrected chi connectivity index (χ2v) is 3.70. The maximum Gasteiger partial charge on any atom is 0.0928 e. The quantitative estimate of drug-likeness (QED) is 0.587. The van der Waals surface area contributed by atoms with Crippen LogP contribution in [-0.2, 0) is 14.2 Å². The van der Waals surface area contributed by atoms with Crippen LogP contribution in [0.3, 0.4) is 0 Å². The predicted octanol–water partition coefficient (Wildman–Crippen LogP) is -0.774. The molecule has 0 saturated carbocycles. The van der Waals surface area contributed by atoms with Crippen molar-refractivity contribution in [1.29, 1.82) is 0 Å². The van der Waals surface area contributed by atoms with Crippen LogP contribution in [0.4, 0.5) is 0 Å². The van der Waals surface area contributed by atoms with Gasteiger partial charge in [0.15, 0.2) is 0 Å².